The Hall–Kier alpha value is -1.37. The fourth-order valence-corrected chi connectivity index (χ4v) is 4.43. The predicted octanol–water partition coefficient (Wildman–Crippen LogP) is 2.32. The second-order valence-corrected chi connectivity index (χ2v) is 8.40. The summed E-state index contributed by atoms with van der Waals surface area (Å²) in [6.45, 7) is 4.19. The largest absolute Gasteiger partial charge is 0.361 e. The third kappa shape index (κ3) is 3.59. The van der Waals surface area contributed by atoms with Crippen molar-refractivity contribution >= 4 is 20.9 Å². The van der Waals surface area contributed by atoms with Crippen LogP contribution in [0.25, 0.3) is 10.9 Å². The van der Waals surface area contributed by atoms with Gasteiger partial charge in [0, 0.05) is 42.8 Å². The van der Waals surface area contributed by atoms with E-state index in [1.165, 1.54) is 17.2 Å². The van der Waals surface area contributed by atoms with Crippen LogP contribution in [0.5, 0.6) is 0 Å². The average Bonchev–Trinajstić information content (AvgIpc) is 3.01. The second-order valence-electron chi connectivity index (χ2n) is 6.42. The number of H-pyrrole nitrogens is 1. The lowest BCUT2D eigenvalue weighted by Gasteiger charge is -2.37. The Morgan fingerprint density at radius 2 is 2.17 bits per heavy atom. The smallest absolute Gasteiger partial charge is 0.211 e. The summed E-state index contributed by atoms with van der Waals surface area (Å²) in [7, 11) is -3.08. The lowest BCUT2D eigenvalue weighted by molar-refractivity contribution is 0.202. The SMILES string of the molecule is CC[C@@H]1CN(S(C)(=O)=O)CC[C@H]1NCc1cccc2[nH]ccc12. The summed E-state index contributed by atoms with van der Waals surface area (Å²) in [5.74, 6) is 0.365. The Bertz CT molecular complexity index is 769. The number of fused-ring (bicyclic) bond motifs is 1. The molecule has 0 aliphatic carbocycles. The van der Waals surface area contributed by atoms with Gasteiger partial charge in [-0.1, -0.05) is 25.5 Å². The van der Waals surface area contributed by atoms with E-state index in [-0.39, 0.29) is 0 Å². The van der Waals surface area contributed by atoms with Gasteiger partial charge in [0.05, 0.1) is 6.26 Å². The summed E-state index contributed by atoms with van der Waals surface area (Å²) < 4.78 is 25.1. The summed E-state index contributed by atoms with van der Waals surface area (Å²) in [6.07, 6.45) is 5.13. The highest BCUT2D eigenvalue weighted by Crippen LogP contribution is 2.23. The standard InChI is InChI=1S/C17H25N3O2S/c1-3-13-12-20(23(2,21)22)10-8-16(13)19-11-14-5-4-6-17-15(14)7-9-18-17/h4-7,9,13,16,18-19H,3,8,10-12H2,1-2H3/t13-,16-/m1/s1. The van der Waals surface area contributed by atoms with Crippen LogP contribution in [0.3, 0.4) is 0 Å². The fourth-order valence-electron chi connectivity index (χ4n) is 3.53. The molecule has 2 heterocycles. The molecule has 126 valence electrons. The second kappa shape index (κ2) is 6.63. The van der Waals surface area contributed by atoms with Gasteiger partial charge in [-0.25, -0.2) is 12.7 Å². The van der Waals surface area contributed by atoms with Crippen molar-refractivity contribution in [2.24, 2.45) is 5.92 Å². The first-order valence-electron chi connectivity index (χ1n) is 8.22. The molecule has 1 aliphatic rings. The van der Waals surface area contributed by atoms with E-state index in [1.807, 2.05) is 6.20 Å². The lowest BCUT2D eigenvalue weighted by atomic mass is 9.91. The number of hydrogen-bond donors (Lipinski definition) is 2. The van der Waals surface area contributed by atoms with Crippen LogP contribution in [0, 0.1) is 5.92 Å². The van der Waals surface area contributed by atoms with Crippen molar-refractivity contribution in [2.75, 3.05) is 19.3 Å². The van der Waals surface area contributed by atoms with Crippen LogP contribution in [0.2, 0.25) is 0 Å². The van der Waals surface area contributed by atoms with E-state index in [0.717, 1.165) is 24.9 Å². The number of sulfonamides is 1. The van der Waals surface area contributed by atoms with Crippen LogP contribution in [0.1, 0.15) is 25.3 Å². The summed E-state index contributed by atoms with van der Waals surface area (Å²) in [5, 5.41) is 4.91. The first-order chi connectivity index (χ1) is 11.0. The molecule has 6 heteroatoms. The number of rotatable bonds is 5. The molecule has 3 rings (SSSR count). The van der Waals surface area contributed by atoms with E-state index >= 15 is 0 Å². The van der Waals surface area contributed by atoms with Crippen molar-refractivity contribution in [3.05, 3.63) is 36.0 Å². The summed E-state index contributed by atoms with van der Waals surface area (Å²) >= 11 is 0. The number of nitrogens with zero attached hydrogens (tertiary/aromatic N) is 1. The van der Waals surface area contributed by atoms with Crippen molar-refractivity contribution in [1.29, 1.82) is 0 Å². The first kappa shape index (κ1) is 16.5. The van der Waals surface area contributed by atoms with Gasteiger partial charge in [0.15, 0.2) is 0 Å². The molecule has 0 saturated carbocycles. The van der Waals surface area contributed by atoms with Crippen LogP contribution in [0.4, 0.5) is 0 Å². The maximum absolute atomic E-state index is 11.8. The molecule has 5 nitrogen and oxygen atoms in total. The van der Waals surface area contributed by atoms with Crippen molar-refractivity contribution in [2.45, 2.75) is 32.4 Å². The van der Waals surface area contributed by atoms with Crippen molar-refractivity contribution in [3.63, 3.8) is 0 Å². The minimum Gasteiger partial charge on any atom is -0.361 e. The summed E-state index contributed by atoms with van der Waals surface area (Å²) in [6, 6.07) is 8.77. The van der Waals surface area contributed by atoms with E-state index in [4.69, 9.17) is 0 Å². The molecule has 1 aliphatic heterocycles. The van der Waals surface area contributed by atoms with Gasteiger partial charge in [-0.05, 0) is 30.0 Å². The average molecular weight is 335 g/mol. The van der Waals surface area contributed by atoms with E-state index in [9.17, 15) is 8.42 Å². The van der Waals surface area contributed by atoms with Gasteiger partial charge >= 0.3 is 0 Å². The maximum Gasteiger partial charge on any atom is 0.211 e. The van der Waals surface area contributed by atoms with Gasteiger partial charge in [-0.3, -0.25) is 0 Å². The monoisotopic (exact) mass is 335 g/mol. The van der Waals surface area contributed by atoms with Gasteiger partial charge in [0.25, 0.3) is 0 Å². The molecule has 0 bridgehead atoms. The van der Waals surface area contributed by atoms with Gasteiger partial charge in [-0.15, -0.1) is 0 Å². The number of aromatic nitrogens is 1. The van der Waals surface area contributed by atoms with Crippen molar-refractivity contribution in [1.82, 2.24) is 14.6 Å². The number of hydrogen-bond acceptors (Lipinski definition) is 3. The highest BCUT2D eigenvalue weighted by molar-refractivity contribution is 7.88. The summed E-state index contributed by atoms with van der Waals surface area (Å²) in [4.78, 5) is 3.24. The molecule has 1 saturated heterocycles. The topological polar surface area (TPSA) is 65.2 Å². The molecule has 0 spiro atoms. The molecule has 0 amide bonds. The zero-order valence-corrected chi connectivity index (χ0v) is 14.6. The Labute approximate surface area is 138 Å². The number of piperidine rings is 1. The Kier molecular flexibility index (Phi) is 4.75. The molecule has 1 fully saturated rings. The molecule has 2 aromatic rings. The highest BCUT2D eigenvalue weighted by atomic mass is 32.2. The third-order valence-corrected chi connectivity index (χ3v) is 6.20. The lowest BCUT2D eigenvalue weighted by Crippen LogP contribution is -2.50. The predicted molar refractivity (Wildman–Crippen MR) is 93.7 cm³/mol. The van der Waals surface area contributed by atoms with Crippen LogP contribution in [0.15, 0.2) is 30.5 Å². The van der Waals surface area contributed by atoms with Crippen LogP contribution < -0.4 is 5.32 Å². The molecule has 0 unspecified atom stereocenters. The van der Waals surface area contributed by atoms with E-state index in [2.05, 4.69) is 41.5 Å². The third-order valence-electron chi connectivity index (χ3n) is 4.93. The molecular formula is C17H25N3O2S. The Morgan fingerprint density at radius 1 is 1.35 bits per heavy atom. The Morgan fingerprint density at radius 3 is 2.91 bits per heavy atom. The van der Waals surface area contributed by atoms with Gasteiger partial charge in [0.2, 0.25) is 10.0 Å². The fraction of sp³-hybridized carbons (Fsp3) is 0.529. The van der Waals surface area contributed by atoms with E-state index in [1.54, 1.807) is 4.31 Å². The van der Waals surface area contributed by atoms with Gasteiger partial charge in [-0.2, -0.15) is 0 Å². The quantitative estimate of drug-likeness (QED) is 0.881. The Balaban J connectivity index is 1.67. The maximum atomic E-state index is 11.8. The highest BCUT2D eigenvalue weighted by Gasteiger charge is 2.31. The molecular weight excluding hydrogens is 310 g/mol. The van der Waals surface area contributed by atoms with Crippen LogP contribution >= 0.6 is 0 Å². The molecule has 1 aromatic heterocycles. The summed E-state index contributed by atoms with van der Waals surface area (Å²) in [5.41, 5.74) is 2.44. The van der Waals surface area contributed by atoms with Gasteiger partial charge in [0.1, 0.15) is 0 Å². The molecule has 23 heavy (non-hydrogen) atoms. The molecule has 0 radical (unpaired) electrons. The first-order valence-corrected chi connectivity index (χ1v) is 10.1. The number of benzene rings is 1. The molecule has 1 aromatic carbocycles. The number of aromatic amines is 1. The van der Waals surface area contributed by atoms with E-state index in [0.29, 0.717) is 25.0 Å². The van der Waals surface area contributed by atoms with Crippen LogP contribution in [-0.2, 0) is 16.6 Å². The molecule has 2 N–H and O–H groups in total. The molecule has 2 atom stereocenters. The minimum atomic E-state index is -3.08. The zero-order chi connectivity index (χ0) is 16.4. The van der Waals surface area contributed by atoms with Crippen molar-refractivity contribution < 1.29 is 8.42 Å². The zero-order valence-electron chi connectivity index (χ0n) is 13.7. The van der Waals surface area contributed by atoms with Gasteiger partial charge < -0.3 is 10.3 Å². The van der Waals surface area contributed by atoms with E-state index < -0.39 is 10.0 Å². The normalized spacial score (nSPS) is 23.4. The number of nitrogens with one attached hydrogen (secondary N) is 2. The van der Waals surface area contributed by atoms with Crippen molar-refractivity contribution in [3.8, 4) is 0 Å². The minimum absolute atomic E-state index is 0.365. The van der Waals surface area contributed by atoms with Crippen LogP contribution in [-0.4, -0.2) is 43.1 Å².